The minimum absolute atomic E-state index is 0.0874. The Balaban J connectivity index is 1.99. The summed E-state index contributed by atoms with van der Waals surface area (Å²) in [5.74, 6) is -2.22. The number of carboxylic acid groups (broad SMARTS) is 2. The zero-order chi connectivity index (χ0) is 17.3. The van der Waals surface area contributed by atoms with Crippen molar-refractivity contribution < 1.29 is 24.6 Å². The van der Waals surface area contributed by atoms with E-state index in [0.29, 0.717) is 16.0 Å². The lowest BCUT2D eigenvalue weighted by Crippen LogP contribution is -2.49. The molecule has 0 fully saturated rings. The molecule has 0 spiro atoms. The van der Waals surface area contributed by atoms with Crippen molar-refractivity contribution in [2.45, 2.75) is 12.5 Å². The van der Waals surface area contributed by atoms with E-state index in [1.165, 1.54) is 0 Å². The van der Waals surface area contributed by atoms with Gasteiger partial charge in [0.15, 0.2) is 0 Å². The number of amides is 2. The average Bonchev–Trinajstić information content (AvgIpc) is 3.08. The first-order valence-corrected chi connectivity index (χ1v) is 7.07. The number of nitrogens with zero attached hydrogens (tertiary/aromatic N) is 3. The van der Waals surface area contributed by atoms with Gasteiger partial charge in [-0.1, -0.05) is 12.1 Å². The van der Waals surface area contributed by atoms with Crippen LogP contribution in [0.1, 0.15) is 12.0 Å². The minimum Gasteiger partial charge on any atom is -0.480 e. The molecule has 122 valence electrons. The number of rotatable bonds is 3. The summed E-state index contributed by atoms with van der Waals surface area (Å²) >= 11 is 0. The number of carbonyl (C=O) groups is 3. The maximum absolute atomic E-state index is 12.0. The fourth-order valence-corrected chi connectivity index (χ4v) is 2.63. The molecule has 1 aromatic heterocycles. The van der Waals surface area contributed by atoms with Crippen LogP contribution in [0.5, 0.6) is 0 Å². The second-order valence-corrected chi connectivity index (χ2v) is 5.22. The quantitative estimate of drug-likeness (QED) is 0.885. The Morgan fingerprint density at radius 2 is 2.00 bits per heavy atom. The molecule has 0 saturated carbocycles. The smallest absolute Gasteiger partial charge is 0.415 e. The lowest BCUT2D eigenvalue weighted by molar-refractivity contribution is -0.147. The van der Waals surface area contributed by atoms with Crippen LogP contribution < -0.4 is 0 Å². The summed E-state index contributed by atoms with van der Waals surface area (Å²) in [6.45, 7) is 0. The number of hydrogen-bond acceptors (Lipinski definition) is 4. The molecule has 0 saturated heterocycles. The number of aromatic nitrogens is 2. The Morgan fingerprint density at radius 1 is 1.21 bits per heavy atom. The van der Waals surface area contributed by atoms with Gasteiger partial charge >= 0.3 is 12.1 Å². The van der Waals surface area contributed by atoms with E-state index in [1.807, 2.05) is 6.07 Å². The number of aliphatic carboxylic acids is 1. The van der Waals surface area contributed by atoms with E-state index in [2.05, 4.69) is 5.10 Å². The summed E-state index contributed by atoms with van der Waals surface area (Å²) < 4.78 is 1.63. The van der Waals surface area contributed by atoms with Crippen molar-refractivity contribution in [1.82, 2.24) is 14.7 Å². The Hall–Kier alpha value is -3.42. The molecular weight excluding hydrogens is 314 g/mol. The van der Waals surface area contributed by atoms with Gasteiger partial charge in [0, 0.05) is 24.9 Å². The first-order valence-electron chi connectivity index (χ1n) is 7.07. The molecule has 0 radical (unpaired) electrons. The van der Waals surface area contributed by atoms with Crippen molar-refractivity contribution in [3.8, 4) is 5.69 Å². The Labute approximate surface area is 136 Å². The highest BCUT2D eigenvalue weighted by molar-refractivity contribution is 6.07. The lowest BCUT2D eigenvalue weighted by Gasteiger charge is -2.28. The second-order valence-electron chi connectivity index (χ2n) is 5.22. The van der Waals surface area contributed by atoms with Gasteiger partial charge < -0.3 is 10.2 Å². The van der Waals surface area contributed by atoms with Gasteiger partial charge in [0.05, 0.1) is 5.69 Å². The topological polar surface area (TPSA) is 113 Å². The van der Waals surface area contributed by atoms with Crippen molar-refractivity contribution in [1.29, 1.82) is 0 Å². The SMILES string of the molecule is O=C(O)[C@H]1CC(c2cccc(-n3cccn3)c2)=CC(=O)N1C(=O)O. The van der Waals surface area contributed by atoms with Crippen LogP contribution >= 0.6 is 0 Å². The molecule has 0 bridgehead atoms. The molecule has 3 rings (SSSR count). The molecule has 24 heavy (non-hydrogen) atoms. The first-order chi connectivity index (χ1) is 11.5. The summed E-state index contributed by atoms with van der Waals surface area (Å²) in [5, 5.41) is 22.4. The van der Waals surface area contributed by atoms with E-state index < -0.39 is 24.0 Å². The number of imide groups is 1. The van der Waals surface area contributed by atoms with Gasteiger partial charge in [-0.2, -0.15) is 5.10 Å². The summed E-state index contributed by atoms with van der Waals surface area (Å²) in [5.41, 5.74) is 1.87. The highest BCUT2D eigenvalue weighted by Crippen LogP contribution is 2.28. The summed E-state index contributed by atoms with van der Waals surface area (Å²) in [7, 11) is 0. The maximum atomic E-state index is 12.0. The zero-order valence-corrected chi connectivity index (χ0v) is 12.4. The van der Waals surface area contributed by atoms with Crippen LogP contribution in [0, 0.1) is 0 Å². The highest BCUT2D eigenvalue weighted by Gasteiger charge is 2.38. The molecule has 2 aromatic rings. The Morgan fingerprint density at radius 3 is 2.62 bits per heavy atom. The predicted octanol–water partition coefficient (Wildman–Crippen LogP) is 1.62. The second kappa shape index (κ2) is 5.99. The monoisotopic (exact) mass is 327 g/mol. The van der Waals surface area contributed by atoms with Crippen LogP contribution in [0.2, 0.25) is 0 Å². The molecule has 8 nitrogen and oxygen atoms in total. The molecule has 0 aliphatic carbocycles. The van der Waals surface area contributed by atoms with Crippen LogP contribution in [0.3, 0.4) is 0 Å². The van der Waals surface area contributed by atoms with Crippen LogP contribution in [-0.4, -0.2) is 48.9 Å². The molecule has 1 aliphatic rings. The molecule has 1 aliphatic heterocycles. The van der Waals surface area contributed by atoms with Gasteiger partial charge in [0.25, 0.3) is 5.91 Å². The minimum atomic E-state index is -1.58. The van der Waals surface area contributed by atoms with Gasteiger partial charge in [0.2, 0.25) is 0 Å². The van der Waals surface area contributed by atoms with E-state index in [4.69, 9.17) is 5.11 Å². The third-order valence-corrected chi connectivity index (χ3v) is 3.74. The molecule has 0 unspecified atom stereocenters. The molecular formula is C16H13N3O5. The average molecular weight is 327 g/mol. The van der Waals surface area contributed by atoms with Crippen LogP contribution in [0.4, 0.5) is 4.79 Å². The summed E-state index contributed by atoms with van der Waals surface area (Å²) in [6, 6.07) is 7.41. The highest BCUT2D eigenvalue weighted by atomic mass is 16.4. The van der Waals surface area contributed by atoms with E-state index in [0.717, 1.165) is 11.8 Å². The van der Waals surface area contributed by atoms with Crippen molar-refractivity contribution >= 4 is 23.5 Å². The fourth-order valence-electron chi connectivity index (χ4n) is 2.63. The molecule has 1 atom stereocenters. The zero-order valence-electron chi connectivity index (χ0n) is 12.4. The molecule has 8 heteroatoms. The largest absolute Gasteiger partial charge is 0.480 e. The Bertz CT molecular complexity index is 841. The van der Waals surface area contributed by atoms with Crippen LogP contribution in [0.15, 0.2) is 48.8 Å². The van der Waals surface area contributed by atoms with E-state index in [9.17, 15) is 19.5 Å². The van der Waals surface area contributed by atoms with Gasteiger partial charge in [-0.25, -0.2) is 19.2 Å². The first kappa shape index (κ1) is 15.5. The Kier molecular flexibility index (Phi) is 3.87. The third-order valence-electron chi connectivity index (χ3n) is 3.74. The number of carbonyl (C=O) groups excluding carboxylic acids is 1. The third kappa shape index (κ3) is 2.76. The number of benzene rings is 1. The van der Waals surface area contributed by atoms with E-state index >= 15 is 0 Å². The molecule has 2 heterocycles. The van der Waals surface area contributed by atoms with Crippen molar-refractivity contribution in [2.75, 3.05) is 0 Å². The molecule has 2 amide bonds. The van der Waals surface area contributed by atoms with Gasteiger partial charge in [0.1, 0.15) is 6.04 Å². The van der Waals surface area contributed by atoms with Crippen LogP contribution in [-0.2, 0) is 9.59 Å². The van der Waals surface area contributed by atoms with Crippen molar-refractivity contribution in [3.63, 3.8) is 0 Å². The van der Waals surface area contributed by atoms with E-state index in [-0.39, 0.29) is 6.42 Å². The van der Waals surface area contributed by atoms with Crippen LogP contribution in [0.25, 0.3) is 11.3 Å². The number of carboxylic acids is 1. The summed E-state index contributed by atoms with van der Waals surface area (Å²) in [4.78, 5) is 34.9. The molecule has 1 aromatic carbocycles. The van der Waals surface area contributed by atoms with Gasteiger partial charge in [-0.05, 0) is 29.3 Å². The standard InChI is InChI=1S/C16H13N3O5/c20-14-9-11(8-13(15(21)22)19(14)16(23)24)10-3-1-4-12(7-10)18-6-2-5-17-18/h1-7,9,13H,8H2,(H,21,22)(H,23,24)/t13-/m1/s1. The predicted molar refractivity (Wildman–Crippen MR) is 82.5 cm³/mol. The normalized spacial score (nSPS) is 17.5. The summed E-state index contributed by atoms with van der Waals surface area (Å²) in [6.07, 6.45) is 2.88. The molecule has 2 N–H and O–H groups in total. The van der Waals surface area contributed by atoms with E-state index in [1.54, 1.807) is 41.3 Å². The number of hydrogen-bond donors (Lipinski definition) is 2. The maximum Gasteiger partial charge on any atom is 0.415 e. The van der Waals surface area contributed by atoms with Gasteiger partial charge in [-0.3, -0.25) is 4.79 Å². The van der Waals surface area contributed by atoms with Crippen molar-refractivity contribution in [2.24, 2.45) is 0 Å². The fraction of sp³-hybridized carbons (Fsp3) is 0.125. The van der Waals surface area contributed by atoms with Crippen molar-refractivity contribution in [3.05, 3.63) is 54.4 Å². The van der Waals surface area contributed by atoms with Gasteiger partial charge in [-0.15, -0.1) is 0 Å². The lowest BCUT2D eigenvalue weighted by atomic mass is 9.93.